The molecule has 6 nitrogen and oxygen atoms in total. The monoisotopic (exact) mass is 416 g/mol. The average Bonchev–Trinajstić information content (AvgIpc) is 3.02. The van der Waals surface area contributed by atoms with Crippen LogP contribution < -0.4 is 9.46 Å². The molecular weight excluding hydrogens is 388 g/mol. The van der Waals surface area contributed by atoms with E-state index in [-0.39, 0.29) is 23.5 Å². The lowest BCUT2D eigenvalue weighted by Crippen LogP contribution is -2.35. The number of nitrogens with zero attached hydrogens (tertiary/aromatic N) is 1. The van der Waals surface area contributed by atoms with Gasteiger partial charge in [0.1, 0.15) is 5.75 Å². The second-order valence-corrected chi connectivity index (χ2v) is 9.02. The standard InChI is InChI=1S/C22H28N2O4S/c1-18(19-9-5-4-6-10-19)23-29(26,27)21-13-11-20(12-14-21)28-17-22(25)24-15-7-2-3-8-16-24/h4-6,9-14,18,23H,2-3,7-8,15-17H2,1H3/t18-/m0/s1. The van der Waals surface area contributed by atoms with Gasteiger partial charge in [0.15, 0.2) is 6.61 Å². The summed E-state index contributed by atoms with van der Waals surface area (Å²) < 4.78 is 33.5. The number of carbonyl (C=O) groups is 1. The number of hydrogen-bond acceptors (Lipinski definition) is 4. The second kappa shape index (κ2) is 9.89. The van der Waals surface area contributed by atoms with Crippen molar-refractivity contribution in [2.45, 2.75) is 43.5 Å². The van der Waals surface area contributed by atoms with E-state index in [4.69, 9.17) is 4.74 Å². The summed E-state index contributed by atoms with van der Waals surface area (Å²) in [6.45, 7) is 3.34. The number of ether oxygens (including phenoxy) is 1. The van der Waals surface area contributed by atoms with Gasteiger partial charge in [0.2, 0.25) is 10.0 Å². The molecule has 0 saturated carbocycles. The number of hydrogen-bond donors (Lipinski definition) is 1. The SMILES string of the molecule is C[C@H](NS(=O)(=O)c1ccc(OCC(=O)N2CCCCCC2)cc1)c1ccccc1. The number of nitrogens with one attached hydrogen (secondary N) is 1. The van der Waals surface area contributed by atoms with Crippen molar-refractivity contribution in [3.63, 3.8) is 0 Å². The van der Waals surface area contributed by atoms with Gasteiger partial charge in [-0.2, -0.15) is 0 Å². The highest BCUT2D eigenvalue weighted by Gasteiger charge is 2.19. The van der Waals surface area contributed by atoms with Crippen molar-refractivity contribution < 1.29 is 17.9 Å². The number of carbonyl (C=O) groups excluding carboxylic acids is 1. The molecule has 7 heteroatoms. The van der Waals surface area contributed by atoms with E-state index in [0.717, 1.165) is 44.3 Å². The molecule has 3 rings (SSSR count). The maximum absolute atomic E-state index is 12.6. The highest BCUT2D eigenvalue weighted by Crippen LogP contribution is 2.20. The van der Waals surface area contributed by atoms with E-state index in [0.29, 0.717) is 5.75 Å². The van der Waals surface area contributed by atoms with Crippen LogP contribution in [0.4, 0.5) is 0 Å². The van der Waals surface area contributed by atoms with Crippen LogP contribution in [-0.2, 0) is 14.8 Å². The van der Waals surface area contributed by atoms with E-state index in [2.05, 4.69) is 4.72 Å². The van der Waals surface area contributed by atoms with Gasteiger partial charge in [-0.15, -0.1) is 0 Å². The topological polar surface area (TPSA) is 75.7 Å². The summed E-state index contributed by atoms with van der Waals surface area (Å²) in [4.78, 5) is 14.3. The number of amides is 1. The molecule has 0 bridgehead atoms. The zero-order chi connectivity index (χ0) is 20.7. The van der Waals surface area contributed by atoms with Crippen LogP contribution in [0.5, 0.6) is 5.75 Å². The summed E-state index contributed by atoms with van der Waals surface area (Å²) in [7, 11) is -3.66. The Balaban J connectivity index is 1.56. The van der Waals surface area contributed by atoms with Gasteiger partial charge in [-0.1, -0.05) is 43.2 Å². The fourth-order valence-electron chi connectivity index (χ4n) is 3.38. The zero-order valence-electron chi connectivity index (χ0n) is 16.7. The van der Waals surface area contributed by atoms with Crippen LogP contribution in [0.2, 0.25) is 0 Å². The van der Waals surface area contributed by atoms with Gasteiger partial charge in [-0.3, -0.25) is 4.79 Å². The van der Waals surface area contributed by atoms with Crippen LogP contribution in [0.25, 0.3) is 0 Å². The Bertz CT molecular complexity index is 890. The van der Waals surface area contributed by atoms with Crippen molar-refractivity contribution in [2.24, 2.45) is 0 Å². The summed E-state index contributed by atoms with van der Waals surface area (Å²) in [6.07, 6.45) is 4.40. The van der Waals surface area contributed by atoms with E-state index in [1.165, 1.54) is 12.1 Å². The normalized spacial score (nSPS) is 16.1. The van der Waals surface area contributed by atoms with E-state index >= 15 is 0 Å². The van der Waals surface area contributed by atoms with Crippen molar-refractivity contribution in [1.82, 2.24) is 9.62 Å². The van der Waals surface area contributed by atoms with Crippen LogP contribution in [0.1, 0.15) is 44.2 Å². The van der Waals surface area contributed by atoms with Crippen LogP contribution in [0.15, 0.2) is 59.5 Å². The number of rotatable bonds is 7. The van der Waals surface area contributed by atoms with E-state index < -0.39 is 10.0 Å². The lowest BCUT2D eigenvalue weighted by Gasteiger charge is -2.20. The molecule has 1 fully saturated rings. The molecule has 1 aliphatic heterocycles. The first kappa shape index (κ1) is 21.3. The zero-order valence-corrected chi connectivity index (χ0v) is 17.5. The number of sulfonamides is 1. The highest BCUT2D eigenvalue weighted by atomic mass is 32.2. The van der Waals surface area contributed by atoms with Gasteiger partial charge in [-0.25, -0.2) is 13.1 Å². The first-order valence-corrected chi connectivity index (χ1v) is 11.5. The molecular formula is C22H28N2O4S. The van der Waals surface area contributed by atoms with Crippen LogP contribution >= 0.6 is 0 Å². The molecule has 2 aromatic rings. The molecule has 156 valence electrons. The predicted octanol–water partition coefficient (Wildman–Crippen LogP) is 3.51. The first-order valence-electron chi connectivity index (χ1n) is 10.0. The molecule has 0 radical (unpaired) electrons. The predicted molar refractivity (Wildman–Crippen MR) is 112 cm³/mol. The molecule has 1 atom stereocenters. The first-order chi connectivity index (χ1) is 14.0. The van der Waals surface area contributed by atoms with Crippen LogP contribution in [0, 0.1) is 0 Å². The summed E-state index contributed by atoms with van der Waals surface area (Å²) in [5, 5.41) is 0. The fourth-order valence-corrected chi connectivity index (χ4v) is 4.61. The van der Waals surface area contributed by atoms with E-state index in [1.54, 1.807) is 19.1 Å². The lowest BCUT2D eigenvalue weighted by molar-refractivity contribution is -0.133. The van der Waals surface area contributed by atoms with Gasteiger partial charge >= 0.3 is 0 Å². The number of benzene rings is 2. The smallest absolute Gasteiger partial charge is 0.260 e. The minimum absolute atomic E-state index is 0.0260. The third-order valence-corrected chi connectivity index (χ3v) is 6.64. The van der Waals surface area contributed by atoms with Crippen molar-refractivity contribution in [2.75, 3.05) is 19.7 Å². The molecule has 0 unspecified atom stereocenters. The Morgan fingerprint density at radius 1 is 1.00 bits per heavy atom. The lowest BCUT2D eigenvalue weighted by atomic mass is 10.1. The highest BCUT2D eigenvalue weighted by molar-refractivity contribution is 7.89. The molecule has 1 heterocycles. The molecule has 1 aliphatic rings. The van der Waals surface area contributed by atoms with Crippen LogP contribution in [0.3, 0.4) is 0 Å². The molecule has 29 heavy (non-hydrogen) atoms. The summed E-state index contributed by atoms with van der Waals surface area (Å²) in [5.41, 5.74) is 0.892. The molecule has 0 aliphatic carbocycles. The Hall–Kier alpha value is -2.38. The van der Waals surface area contributed by atoms with Crippen molar-refractivity contribution in [3.05, 3.63) is 60.2 Å². The van der Waals surface area contributed by atoms with Crippen molar-refractivity contribution >= 4 is 15.9 Å². The van der Waals surface area contributed by atoms with Gasteiger partial charge in [0.05, 0.1) is 4.90 Å². The summed E-state index contributed by atoms with van der Waals surface area (Å²) in [6, 6.07) is 15.2. The van der Waals surface area contributed by atoms with Crippen molar-refractivity contribution in [3.8, 4) is 5.75 Å². The third kappa shape index (κ3) is 6.05. The maximum atomic E-state index is 12.6. The van der Waals surface area contributed by atoms with Crippen LogP contribution in [-0.4, -0.2) is 38.9 Å². The molecule has 1 saturated heterocycles. The largest absolute Gasteiger partial charge is 0.484 e. The molecule has 1 N–H and O–H groups in total. The average molecular weight is 417 g/mol. The molecule has 0 spiro atoms. The van der Waals surface area contributed by atoms with Gasteiger partial charge < -0.3 is 9.64 Å². The van der Waals surface area contributed by atoms with Gasteiger partial charge in [0, 0.05) is 19.1 Å². The Kier molecular flexibility index (Phi) is 7.28. The Morgan fingerprint density at radius 2 is 1.62 bits per heavy atom. The Labute approximate surface area is 172 Å². The number of likely N-dealkylation sites (tertiary alicyclic amines) is 1. The Morgan fingerprint density at radius 3 is 2.24 bits per heavy atom. The summed E-state index contributed by atoms with van der Waals surface area (Å²) >= 11 is 0. The summed E-state index contributed by atoms with van der Waals surface area (Å²) in [5.74, 6) is 0.449. The minimum atomic E-state index is -3.66. The maximum Gasteiger partial charge on any atom is 0.260 e. The fraction of sp³-hybridized carbons (Fsp3) is 0.409. The van der Waals surface area contributed by atoms with Crippen molar-refractivity contribution in [1.29, 1.82) is 0 Å². The third-order valence-electron chi connectivity index (χ3n) is 5.09. The van der Waals surface area contributed by atoms with E-state index in [1.807, 2.05) is 35.2 Å². The minimum Gasteiger partial charge on any atom is -0.484 e. The van der Waals surface area contributed by atoms with Gasteiger partial charge in [0.25, 0.3) is 5.91 Å². The van der Waals surface area contributed by atoms with Gasteiger partial charge in [-0.05, 0) is 49.6 Å². The quantitative estimate of drug-likeness (QED) is 0.749. The molecule has 1 amide bonds. The van der Waals surface area contributed by atoms with E-state index in [9.17, 15) is 13.2 Å². The molecule has 0 aromatic heterocycles. The molecule has 2 aromatic carbocycles. The second-order valence-electron chi connectivity index (χ2n) is 7.31.